The molecule has 1 aliphatic rings. The van der Waals surface area contributed by atoms with Gasteiger partial charge < -0.3 is 15.4 Å². The average Bonchev–Trinajstić information content (AvgIpc) is 3.10. The van der Waals surface area contributed by atoms with E-state index >= 15 is 0 Å². The minimum absolute atomic E-state index is 0.148. The second kappa shape index (κ2) is 7.77. The minimum atomic E-state index is -0.148. The standard InChI is InChI=1S/C18H22N4O2/c1-2-24-16-10-6-5-9-14(16)22-17-11-15(19-12-20-17)18(23)21-13-7-3-4-8-13/h5-6,9-13H,2-4,7-8H2,1H3,(H,21,23)(H,19,20,22). The van der Waals surface area contributed by atoms with Gasteiger partial charge in [0.2, 0.25) is 0 Å². The predicted octanol–water partition coefficient (Wildman–Crippen LogP) is 3.29. The number of aromatic nitrogens is 2. The Balaban J connectivity index is 1.72. The van der Waals surface area contributed by atoms with Gasteiger partial charge in [0.25, 0.3) is 5.91 Å². The predicted molar refractivity (Wildman–Crippen MR) is 92.6 cm³/mol. The highest BCUT2D eigenvalue weighted by molar-refractivity contribution is 5.93. The summed E-state index contributed by atoms with van der Waals surface area (Å²) in [7, 11) is 0. The normalized spacial score (nSPS) is 14.4. The molecule has 3 rings (SSSR count). The highest BCUT2D eigenvalue weighted by Gasteiger charge is 2.19. The van der Waals surface area contributed by atoms with Crippen molar-refractivity contribution in [1.82, 2.24) is 15.3 Å². The van der Waals surface area contributed by atoms with E-state index in [1.807, 2.05) is 31.2 Å². The van der Waals surface area contributed by atoms with Crippen LogP contribution in [0.1, 0.15) is 43.1 Å². The SMILES string of the molecule is CCOc1ccccc1Nc1cc(C(=O)NC2CCCC2)ncn1. The number of rotatable bonds is 6. The zero-order chi connectivity index (χ0) is 16.8. The monoisotopic (exact) mass is 326 g/mol. The lowest BCUT2D eigenvalue weighted by molar-refractivity contribution is 0.0932. The van der Waals surface area contributed by atoms with Crippen LogP contribution in [-0.2, 0) is 0 Å². The van der Waals surface area contributed by atoms with E-state index in [0.717, 1.165) is 24.3 Å². The summed E-state index contributed by atoms with van der Waals surface area (Å²) in [6.07, 6.45) is 5.84. The van der Waals surface area contributed by atoms with Gasteiger partial charge in [0.15, 0.2) is 0 Å². The largest absolute Gasteiger partial charge is 0.492 e. The van der Waals surface area contributed by atoms with E-state index < -0.39 is 0 Å². The Hall–Kier alpha value is -2.63. The molecule has 2 aromatic rings. The first-order valence-electron chi connectivity index (χ1n) is 8.38. The molecule has 1 fully saturated rings. The van der Waals surface area contributed by atoms with Gasteiger partial charge in [-0.2, -0.15) is 0 Å². The molecule has 0 radical (unpaired) electrons. The molecular weight excluding hydrogens is 304 g/mol. The first-order chi connectivity index (χ1) is 11.8. The van der Waals surface area contributed by atoms with Crippen molar-refractivity contribution < 1.29 is 9.53 Å². The maximum atomic E-state index is 12.3. The first kappa shape index (κ1) is 16.2. The molecule has 126 valence electrons. The summed E-state index contributed by atoms with van der Waals surface area (Å²) in [5.41, 5.74) is 1.17. The Labute approximate surface area is 141 Å². The van der Waals surface area contributed by atoms with Crippen LogP contribution in [0.3, 0.4) is 0 Å². The lowest BCUT2D eigenvalue weighted by atomic mass is 10.2. The van der Waals surface area contributed by atoms with Crippen molar-refractivity contribution in [2.75, 3.05) is 11.9 Å². The number of nitrogens with zero attached hydrogens (tertiary/aromatic N) is 2. The van der Waals surface area contributed by atoms with Gasteiger partial charge in [-0.3, -0.25) is 4.79 Å². The van der Waals surface area contributed by atoms with Gasteiger partial charge in [-0.05, 0) is 31.9 Å². The summed E-state index contributed by atoms with van der Waals surface area (Å²) in [5.74, 6) is 1.16. The van der Waals surface area contributed by atoms with Crippen molar-refractivity contribution in [3.8, 4) is 5.75 Å². The molecule has 0 bridgehead atoms. The molecule has 24 heavy (non-hydrogen) atoms. The van der Waals surface area contributed by atoms with Gasteiger partial charge in [-0.25, -0.2) is 9.97 Å². The van der Waals surface area contributed by atoms with Crippen LogP contribution in [0.15, 0.2) is 36.7 Å². The summed E-state index contributed by atoms with van der Waals surface area (Å²) in [6.45, 7) is 2.52. The minimum Gasteiger partial charge on any atom is -0.492 e. The third-order valence-electron chi connectivity index (χ3n) is 4.04. The number of carbonyl (C=O) groups is 1. The second-order valence-corrected chi connectivity index (χ2v) is 5.80. The fourth-order valence-electron chi connectivity index (χ4n) is 2.87. The van der Waals surface area contributed by atoms with Crippen LogP contribution >= 0.6 is 0 Å². The zero-order valence-electron chi connectivity index (χ0n) is 13.8. The summed E-state index contributed by atoms with van der Waals surface area (Å²) < 4.78 is 5.59. The number of benzene rings is 1. The van der Waals surface area contributed by atoms with E-state index in [-0.39, 0.29) is 11.9 Å². The molecule has 0 saturated heterocycles. The van der Waals surface area contributed by atoms with Crippen molar-refractivity contribution in [3.63, 3.8) is 0 Å². The topological polar surface area (TPSA) is 76.1 Å². The fourth-order valence-corrected chi connectivity index (χ4v) is 2.87. The number of nitrogens with one attached hydrogen (secondary N) is 2. The van der Waals surface area contributed by atoms with Crippen LogP contribution in [0.25, 0.3) is 0 Å². The Kier molecular flexibility index (Phi) is 5.25. The summed E-state index contributed by atoms with van der Waals surface area (Å²) in [4.78, 5) is 20.6. The van der Waals surface area contributed by atoms with Gasteiger partial charge in [0.05, 0.1) is 12.3 Å². The van der Waals surface area contributed by atoms with Gasteiger partial charge in [-0.1, -0.05) is 25.0 Å². The van der Waals surface area contributed by atoms with E-state index in [1.165, 1.54) is 19.2 Å². The van der Waals surface area contributed by atoms with E-state index in [4.69, 9.17) is 4.74 Å². The quantitative estimate of drug-likeness (QED) is 0.852. The first-order valence-corrected chi connectivity index (χ1v) is 8.38. The number of anilines is 2. The molecule has 0 spiro atoms. The van der Waals surface area contributed by atoms with Gasteiger partial charge in [0.1, 0.15) is 23.6 Å². The summed E-state index contributed by atoms with van der Waals surface area (Å²) in [5, 5.41) is 6.23. The van der Waals surface area contributed by atoms with Crippen LogP contribution in [0.5, 0.6) is 5.75 Å². The zero-order valence-corrected chi connectivity index (χ0v) is 13.8. The third kappa shape index (κ3) is 4.01. The Morgan fingerprint density at radius 1 is 1.25 bits per heavy atom. The van der Waals surface area contributed by atoms with Crippen molar-refractivity contribution in [3.05, 3.63) is 42.4 Å². The Morgan fingerprint density at radius 2 is 2.04 bits per heavy atom. The van der Waals surface area contributed by atoms with E-state index in [9.17, 15) is 4.79 Å². The van der Waals surface area contributed by atoms with Crippen molar-refractivity contribution in [2.24, 2.45) is 0 Å². The number of para-hydroxylation sites is 2. The van der Waals surface area contributed by atoms with Gasteiger partial charge >= 0.3 is 0 Å². The molecule has 0 unspecified atom stereocenters. The van der Waals surface area contributed by atoms with Crippen LogP contribution in [0, 0.1) is 0 Å². The molecule has 2 N–H and O–H groups in total. The second-order valence-electron chi connectivity index (χ2n) is 5.80. The van der Waals surface area contributed by atoms with Gasteiger partial charge in [-0.15, -0.1) is 0 Å². The van der Waals surface area contributed by atoms with Gasteiger partial charge in [0, 0.05) is 12.1 Å². The molecule has 0 atom stereocenters. The van der Waals surface area contributed by atoms with Crippen LogP contribution in [-0.4, -0.2) is 28.5 Å². The van der Waals surface area contributed by atoms with E-state index in [0.29, 0.717) is 18.1 Å². The highest BCUT2D eigenvalue weighted by Crippen LogP contribution is 2.26. The van der Waals surface area contributed by atoms with Crippen LogP contribution in [0.2, 0.25) is 0 Å². The number of ether oxygens (including phenoxy) is 1. The van der Waals surface area contributed by atoms with E-state index in [1.54, 1.807) is 6.07 Å². The molecule has 6 nitrogen and oxygen atoms in total. The average molecular weight is 326 g/mol. The molecule has 0 aliphatic heterocycles. The number of hydrogen-bond donors (Lipinski definition) is 2. The molecule has 1 amide bonds. The highest BCUT2D eigenvalue weighted by atomic mass is 16.5. The summed E-state index contributed by atoms with van der Waals surface area (Å²) in [6, 6.07) is 9.55. The molecule has 1 aromatic carbocycles. The molecule has 1 saturated carbocycles. The molecular formula is C18H22N4O2. The maximum Gasteiger partial charge on any atom is 0.270 e. The van der Waals surface area contributed by atoms with Crippen LogP contribution < -0.4 is 15.4 Å². The smallest absolute Gasteiger partial charge is 0.270 e. The molecule has 6 heteroatoms. The molecule has 1 aliphatic carbocycles. The maximum absolute atomic E-state index is 12.3. The van der Waals surface area contributed by atoms with Crippen LogP contribution in [0.4, 0.5) is 11.5 Å². The Morgan fingerprint density at radius 3 is 2.83 bits per heavy atom. The van der Waals surface area contributed by atoms with Crippen molar-refractivity contribution in [2.45, 2.75) is 38.6 Å². The molecule has 1 heterocycles. The lowest BCUT2D eigenvalue weighted by Crippen LogP contribution is -2.33. The number of carbonyl (C=O) groups excluding carboxylic acids is 1. The third-order valence-corrected chi connectivity index (χ3v) is 4.04. The van der Waals surface area contributed by atoms with E-state index in [2.05, 4.69) is 20.6 Å². The Bertz CT molecular complexity index is 699. The van der Waals surface area contributed by atoms with Crippen molar-refractivity contribution in [1.29, 1.82) is 0 Å². The van der Waals surface area contributed by atoms with Crippen molar-refractivity contribution >= 4 is 17.4 Å². The lowest BCUT2D eigenvalue weighted by Gasteiger charge is -2.13. The molecule has 1 aromatic heterocycles. The fraction of sp³-hybridized carbons (Fsp3) is 0.389. The summed E-state index contributed by atoms with van der Waals surface area (Å²) >= 11 is 0. The number of hydrogen-bond acceptors (Lipinski definition) is 5. The number of amides is 1.